The fourth-order valence-electron chi connectivity index (χ4n) is 5.57. The van der Waals surface area contributed by atoms with Crippen LogP contribution >= 0.6 is 24.0 Å². The van der Waals surface area contributed by atoms with Crippen LogP contribution in [0.25, 0.3) is 0 Å². The minimum absolute atomic E-state index is 0.0441. The highest BCUT2D eigenvalue weighted by Gasteiger charge is 2.27. The fraction of sp³-hybridized carbons (Fsp3) is 0.395. The first-order valence-electron chi connectivity index (χ1n) is 17.3. The van der Waals surface area contributed by atoms with Gasteiger partial charge in [-0.3, -0.25) is 4.79 Å². The Morgan fingerprint density at radius 2 is 1.56 bits per heavy atom. The van der Waals surface area contributed by atoms with Crippen molar-refractivity contribution in [2.75, 3.05) is 13.7 Å². The van der Waals surface area contributed by atoms with E-state index >= 15 is 0 Å². The van der Waals surface area contributed by atoms with Crippen molar-refractivity contribution in [3.05, 3.63) is 117 Å². The quantitative estimate of drug-likeness (QED) is 0.0863. The number of carbonyl (C=O) groups excluding carboxylic acids is 3. The lowest BCUT2D eigenvalue weighted by Gasteiger charge is -2.27. The van der Waals surface area contributed by atoms with Crippen LogP contribution in [0.1, 0.15) is 60.1 Å². The van der Waals surface area contributed by atoms with Crippen molar-refractivity contribution in [1.29, 1.82) is 0 Å². The van der Waals surface area contributed by atoms with Gasteiger partial charge in [0, 0.05) is 61.2 Å². The van der Waals surface area contributed by atoms with E-state index < -0.39 is 18.2 Å². The molecule has 0 spiro atoms. The molecular formula is C38H50N8O4S2. The molecule has 0 bridgehead atoms. The van der Waals surface area contributed by atoms with Crippen LogP contribution in [0.4, 0.5) is 9.59 Å². The van der Waals surface area contributed by atoms with E-state index in [1.807, 2.05) is 79.3 Å². The highest BCUT2D eigenvalue weighted by atomic mass is 32.1. The van der Waals surface area contributed by atoms with Crippen molar-refractivity contribution in [3.63, 3.8) is 0 Å². The summed E-state index contributed by atoms with van der Waals surface area (Å²) in [5.41, 5.74) is 9.04. The highest BCUT2D eigenvalue weighted by molar-refractivity contribution is 7.84. The number of aromatic nitrogens is 3. The Morgan fingerprint density at radius 3 is 2.10 bits per heavy atom. The van der Waals surface area contributed by atoms with Crippen molar-refractivity contribution < 1.29 is 19.1 Å². The first-order valence-corrected chi connectivity index (χ1v) is 18.7. The minimum Gasteiger partial charge on any atom is -0.444 e. The van der Waals surface area contributed by atoms with Crippen LogP contribution in [0.2, 0.25) is 0 Å². The molecule has 3 atom stereocenters. The second-order valence-electron chi connectivity index (χ2n) is 13.2. The normalized spacial score (nSPS) is 13.2. The number of nitrogens with two attached hydrogens (primary N) is 1. The summed E-state index contributed by atoms with van der Waals surface area (Å²) < 4.78 is 7.13. The number of nitrogens with one attached hydrogen (secondary N) is 3. The van der Waals surface area contributed by atoms with Crippen LogP contribution in [-0.4, -0.2) is 69.2 Å². The molecule has 2 heterocycles. The molecular weight excluding hydrogens is 697 g/mol. The molecule has 3 unspecified atom stereocenters. The highest BCUT2D eigenvalue weighted by Crippen LogP contribution is 2.20. The largest absolute Gasteiger partial charge is 0.444 e. The predicted octanol–water partition coefficient (Wildman–Crippen LogP) is 5.33. The second-order valence-corrected chi connectivity index (χ2v) is 14.6. The average Bonchev–Trinajstić information content (AvgIpc) is 3.78. The standard InChI is InChI=1S/C38H50N8O4S2/c1-26(2)36-42-32(24-52-36)22-46(4)37(48)44-34(19-31-21-45(3)25-40-31)35(47)41-29(17-27-11-7-5-8-12-27)15-16-30(18-28-13-9-6-10-14-28)43-38(49)50-23-33(51)20-39/h5-14,20-21,24-26,29-30,34,51H,15-19,22-23,39H2,1-4H3,(H,41,47)(H,43,49)(H,44,48)/b33-20-. The molecule has 2 aromatic heterocycles. The van der Waals surface area contributed by atoms with Crippen LogP contribution in [0.3, 0.4) is 0 Å². The van der Waals surface area contributed by atoms with E-state index in [0.717, 1.165) is 21.8 Å². The number of urea groups is 1. The monoisotopic (exact) mass is 746 g/mol. The number of hydrogen-bond donors (Lipinski definition) is 5. The summed E-state index contributed by atoms with van der Waals surface area (Å²) in [7, 11) is 3.54. The molecule has 0 saturated carbocycles. The summed E-state index contributed by atoms with van der Waals surface area (Å²) in [5.74, 6) is -0.0302. The number of nitrogens with zero attached hydrogens (tertiary/aromatic N) is 4. The van der Waals surface area contributed by atoms with Gasteiger partial charge in [-0.2, -0.15) is 0 Å². The summed E-state index contributed by atoms with van der Waals surface area (Å²) in [6.07, 6.45) is 6.57. The maximum Gasteiger partial charge on any atom is 0.407 e. The van der Waals surface area contributed by atoms with Crippen LogP contribution in [0.5, 0.6) is 0 Å². The molecule has 0 aliphatic carbocycles. The number of hydrogen-bond acceptors (Lipinski definition) is 9. The van der Waals surface area contributed by atoms with Crippen LogP contribution in [0.15, 0.2) is 89.7 Å². The van der Waals surface area contributed by atoms with E-state index in [1.54, 1.807) is 29.3 Å². The number of imidazole rings is 1. The van der Waals surface area contributed by atoms with E-state index in [0.29, 0.717) is 48.7 Å². The molecule has 2 aromatic carbocycles. The zero-order valence-electron chi connectivity index (χ0n) is 30.2. The molecule has 0 aliphatic rings. The van der Waals surface area contributed by atoms with Crippen molar-refractivity contribution in [2.24, 2.45) is 12.8 Å². The van der Waals surface area contributed by atoms with E-state index in [9.17, 15) is 14.4 Å². The lowest BCUT2D eigenvalue weighted by molar-refractivity contribution is -0.123. The summed E-state index contributed by atoms with van der Waals surface area (Å²) in [5, 5.41) is 12.1. The lowest BCUT2D eigenvalue weighted by atomic mass is 9.95. The van der Waals surface area contributed by atoms with Crippen molar-refractivity contribution in [1.82, 2.24) is 35.4 Å². The van der Waals surface area contributed by atoms with Gasteiger partial charge in [0.2, 0.25) is 5.91 Å². The van der Waals surface area contributed by atoms with E-state index in [2.05, 4.69) is 52.4 Å². The topological polar surface area (TPSA) is 156 Å². The molecule has 5 N–H and O–H groups in total. The Balaban J connectivity index is 1.50. The molecule has 0 saturated heterocycles. The number of alkyl carbamates (subject to hydrolysis) is 1. The predicted molar refractivity (Wildman–Crippen MR) is 208 cm³/mol. The first-order chi connectivity index (χ1) is 25.0. The summed E-state index contributed by atoms with van der Waals surface area (Å²) in [6.45, 7) is 4.43. The zero-order chi connectivity index (χ0) is 37.5. The molecule has 12 nitrogen and oxygen atoms in total. The van der Waals surface area contributed by atoms with Gasteiger partial charge in [-0.15, -0.1) is 24.0 Å². The third kappa shape index (κ3) is 13.4. The molecule has 4 amide bonds. The Morgan fingerprint density at radius 1 is 0.942 bits per heavy atom. The molecule has 0 fully saturated rings. The number of carbonyl (C=O) groups is 3. The molecule has 278 valence electrons. The molecule has 4 aromatic rings. The van der Waals surface area contributed by atoms with E-state index in [4.69, 9.17) is 10.5 Å². The average molecular weight is 747 g/mol. The number of thiol groups is 1. The number of benzene rings is 2. The van der Waals surface area contributed by atoms with Crippen LogP contribution in [-0.2, 0) is 42.4 Å². The number of amides is 4. The smallest absolute Gasteiger partial charge is 0.407 e. The van der Waals surface area contributed by atoms with E-state index in [1.165, 1.54) is 11.1 Å². The molecule has 4 rings (SSSR count). The molecule has 52 heavy (non-hydrogen) atoms. The number of thiazole rings is 1. The Kier molecular flexibility index (Phi) is 15.6. The molecule has 0 radical (unpaired) electrons. The third-order valence-corrected chi connectivity index (χ3v) is 9.79. The van der Waals surface area contributed by atoms with Gasteiger partial charge in [0.25, 0.3) is 0 Å². The number of aryl methyl sites for hydroxylation is 1. The van der Waals surface area contributed by atoms with Gasteiger partial charge in [0.1, 0.15) is 12.6 Å². The first kappa shape index (κ1) is 40.0. The van der Waals surface area contributed by atoms with Gasteiger partial charge in [-0.05, 0) is 36.8 Å². The summed E-state index contributed by atoms with van der Waals surface area (Å²) in [6, 6.07) is 17.9. The van der Waals surface area contributed by atoms with Gasteiger partial charge >= 0.3 is 12.1 Å². The molecule has 0 aliphatic heterocycles. The van der Waals surface area contributed by atoms with Gasteiger partial charge < -0.3 is 35.9 Å². The minimum atomic E-state index is -0.899. The fourth-order valence-corrected chi connectivity index (χ4v) is 6.46. The summed E-state index contributed by atoms with van der Waals surface area (Å²) in [4.78, 5) is 51.5. The van der Waals surface area contributed by atoms with E-state index in [-0.39, 0.29) is 31.0 Å². The van der Waals surface area contributed by atoms with Crippen molar-refractivity contribution in [3.8, 4) is 0 Å². The van der Waals surface area contributed by atoms with Gasteiger partial charge in [-0.1, -0.05) is 74.5 Å². The third-order valence-electron chi connectivity index (χ3n) is 8.32. The van der Waals surface area contributed by atoms with Crippen molar-refractivity contribution in [2.45, 2.75) is 76.5 Å². The maximum atomic E-state index is 14.1. The van der Waals surface area contributed by atoms with Crippen molar-refractivity contribution >= 4 is 42.0 Å². The van der Waals surface area contributed by atoms with Crippen LogP contribution < -0.4 is 21.7 Å². The Hall–Kier alpha value is -4.82. The second kappa shape index (κ2) is 20.3. The van der Waals surface area contributed by atoms with Gasteiger partial charge in [0.15, 0.2) is 0 Å². The van der Waals surface area contributed by atoms with Crippen LogP contribution in [0, 0.1) is 0 Å². The molecule has 14 heteroatoms. The Bertz CT molecular complexity index is 1750. The maximum absolute atomic E-state index is 14.1. The number of ether oxygens (including phenoxy) is 1. The van der Waals surface area contributed by atoms with Gasteiger partial charge in [-0.25, -0.2) is 19.6 Å². The van der Waals surface area contributed by atoms with Gasteiger partial charge in [0.05, 0.1) is 29.3 Å². The Labute approximate surface area is 315 Å². The number of rotatable bonds is 18. The summed E-state index contributed by atoms with van der Waals surface area (Å²) >= 11 is 5.76. The SMILES string of the molecule is CC(C)c1nc(CN(C)C(=O)NC(Cc2cn(C)cn2)C(=O)NC(CCC(Cc2ccccc2)NC(=O)OC/C(S)=C/N)Cc2ccccc2)cs1. The zero-order valence-corrected chi connectivity index (χ0v) is 31.9. The lowest BCUT2D eigenvalue weighted by Crippen LogP contribution is -2.53.